The highest BCUT2D eigenvalue weighted by atomic mass is 35.5. The molecule has 1 aromatic rings. The van der Waals surface area contributed by atoms with Crippen LogP contribution in [0.3, 0.4) is 0 Å². The zero-order valence-electron chi connectivity index (χ0n) is 7.58. The second-order valence-corrected chi connectivity index (χ2v) is 3.20. The number of aromatic nitrogens is 1. The molecule has 0 amide bonds. The Hall–Kier alpha value is -1.36. The number of carbonyl (C=O) groups is 1. The Bertz CT molecular complexity index is 382. The topological polar surface area (TPSA) is 53.4 Å². The minimum Gasteiger partial charge on any atom is -0.478 e. The molecule has 4 nitrogen and oxygen atoms in total. The van der Waals surface area contributed by atoms with Crippen LogP contribution in [-0.4, -0.2) is 30.2 Å². The van der Waals surface area contributed by atoms with E-state index in [1.54, 1.807) is 14.1 Å². The molecule has 0 spiro atoms. The molecule has 0 aliphatic rings. The summed E-state index contributed by atoms with van der Waals surface area (Å²) in [6, 6.07) is 0. The fourth-order valence-corrected chi connectivity index (χ4v) is 1.13. The number of nitrogens with zero attached hydrogens (tertiary/aromatic N) is 2. The van der Waals surface area contributed by atoms with Gasteiger partial charge in [-0.05, 0) is 0 Å². The molecule has 0 atom stereocenters. The Morgan fingerprint density at radius 2 is 2.21 bits per heavy atom. The number of hydrogen-bond donors (Lipinski definition) is 1. The first-order valence-corrected chi connectivity index (χ1v) is 4.07. The van der Waals surface area contributed by atoms with Crippen molar-refractivity contribution in [2.75, 3.05) is 19.0 Å². The van der Waals surface area contributed by atoms with Crippen LogP contribution in [0.1, 0.15) is 10.4 Å². The van der Waals surface area contributed by atoms with Gasteiger partial charge < -0.3 is 10.0 Å². The number of hydrogen-bond acceptors (Lipinski definition) is 3. The standard InChI is InChI=1S/C8H8ClFN2O2/c1-12(2)7-6(10)5(9)4(3-11-7)8(13)14/h3H,1-2H3,(H,13,14). The third-order valence-corrected chi connectivity index (χ3v) is 1.96. The highest BCUT2D eigenvalue weighted by Crippen LogP contribution is 2.25. The molecule has 0 radical (unpaired) electrons. The van der Waals surface area contributed by atoms with Crippen LogP contribution < -0.4 is 4.90 Å². The van der Waals surface area contributed by atoms with Crippen molar-refractivity contribution in [2.24, 2.45) is 0 Å². The molecular formula is C8H8ClFN2O2. The van der Waals surface area contributed by atoms with Crippen molar-refractivity contribution in [1.29, 1.82) is 0 Å². The van der Waals surface area contributed by atoms with Gasteiger partial charge in [-0.3, -0.25) is 0 Å². The number of carboxylic acid groups (broad SMARTS) is 1. The first-order valence-electron chi connectivity index (χ1n) is 3.69. The lowest BCUT2D eigenvalue weighted by Crippen LogP contribution is -2.14. The van der Waals surface area contributed by atoms with Crippen LogP contribution in [0.4, 0.5) is 10.2 Å². The van der Waals surface area contributed by atoms with Gasteiger partial charge in [0.1, 0.15) is 0 Å². The summed E-state index contributed by atoms with van der Waals surface area (Å²) in [5.74, 6) is -2.11. The Labute approximate surface area is 84.9 Å². The molecule has 1 heterocycles. The molecule has 0 aliphatic heterocycles. The van der Waals surface area contributed by atoms with Gasteiger partial charge >= 0.3 is 5.97 Å². The summed E-state index contributed by atoms with van der Waals surface area (Å²) in [5.41, 5.74) is -0.338. The third kappa shape index (κ3) is 1.77. The van der Waals surface area contributed by atoms with Crippen LogP contribution in [0.2, 0.25) is 5.02 Å². The van der Waals surface area contributed by atoms with E-state index in [1.165, 1.54) is 4.90 Å². The maximum atomic E-state index is 13.4. The summed E-state index contributed by atoms with van der Waals surface area (Å²) in [7, 11) is 3.17. The van der Waals surface area contributed by atoms with E-state index < -0.39 is 16.8 Å². The minimum atomic E-state index is -1.30. The van der Waals surface area contributed by atoms with E-state index in [4.69, 9.17) is 16.7 Å². The van der Waals surface area contributed by atoms with Gasteiger partial charge in [-0.1, -0.05) is 11.6 Å². The van der Waals surface area contributed by atoms with Gasteiger partial charge in [-0.15, -0.1) is 0 Å². The second kappa shape index (κ2) is 3.79. The van der Waals surface area contributed by atoms with Crippen LogP contribution in [0, 0.1) is 5.82 Å². The van der Waals surface area contributed by atoms with Crippen molar-refractivity contribution in [3.05, 3.63) is 22.6 Å². The molecule has 0 aromatic carbocycles. The minimum absolute atomic E-state index is 0.0139. The zero-order valence-corrected chi connectivity index (χ0v) is 8.34. The molecule has 0 aliphatic carbocycles. The summed E-state index contributed by atoms with van der Waals surface area (Å²) in [6.45, 7) is 0. The van der Waals surface area contributed by atoms with Crippen molar-refractivity contribution >= 4 is 23.4 Å². The van der Waals surface area contributed by atoms with E-state index in [2.05, 4.69) is 4.98 Å². The SMILES string of the molecule is CN(C)c1ncc(C(=O)O)c(Cl)c1F. The van der Waals surface area contributed by atoms with Gasteiger partial charge in [0.05, 0.1) is 10.6 Å². The van der Waals surface area contributed by atoms with E-state index in [0.717, 1.165) is 6.20 Å². The molecular weight excluding hydrogens is 211 g/mol. The number of aromatic carboxylic acids is 1. The highest BCUT2D eigenvalue weighted by molar-refractivity contribution is 6.33. The molecule has 0 unspecified atom stereocenters. The van der Waals surface area contributed by atoms with Gasteiger partial charge in [0.15, 0.2) is 11.6 Å². The van der Waals surface area contributed by atoms with Crippen molar-refractivity contribution in [3.8, 4) is 0 Å². The van der Waals surface area contributed by atoms with E-state index in [1.807, 2.05) is 0 Å². The summed E-state index contributed by atoms with van der Waals surface area (Å²) in [6.07, 6.45) is 1.03. The van der Waals surface area contributed by atoms with Gasteiger partial charge in [-0.25, -0.2) is 14.2 Å². The normalized spacial score (nSPS) is 10.0. The molecule has 1 rings (SSSR count). The van der Waals surface area contributed by atoms with E-state index >= 15 is 0 Å². The van der Waals surface area contributed by atoms with Crippen LogP contribution >= 0.6 is 11.6 Å². The Morgan fingerprint density at radius 1 is 1.64 bits per heavy atom. The predicted octanol–water partition coefficient (Wildman–Crippen LogP) is 1.64. The fourth-order valence-electron chi connectivity index (χ4n) is 0.916. The molecule has 0 saturated carbocycles. The largest absolute Gasteiger partial charge is 0.478 e. The highest BCUT2D eigenvalue weighted by Gasteiger charge is 2.18. The van der Waals surface area contributed by atoms with E-state index in [9.17, 15) is 9.18 Å². The predicted molar refractivity (Wildman–Crippen MR) is 50.5 cm³/mol. The maximum Gasteiger partial charge on any atom is 0.338 e. The van der Waals surface area contributed by atoms with Gasteiger partial charge in [0.25, 0.3) is 0 Å². The Kier molecular flexibility index (Phi) is 2.90. The van der Waals surface area contributed by atoms with E-state index in [0.29, 0.717) is 0 Å². The van der Waals surface area contributed by atoms with Crippen molar-refractivity contribution in [3.63, 3.8) is 0 Å². The van der Waals surface area contributed by atoms with Gasteiger partial charge in [0, 0.05) is 20.3 Å². The molecule has 0 fully saturated rings. The maximum absolute atomic E-state index is 13.4. The lowest BCUT2D eigenvalue weighted by Gasteiger charge is -2.13. The number of halogens is 2. The van der Waals surface area contributed by atoms with Crippen LogP contribution in [-0.2, 0) is 0 Å². The number of carboxylic acids is 1. The fraction of sp³-hybridized carbons (Fsp3) is 0.250. The second-order valence-electron chi connectivity index (χ2n) is 2.82. The van der Waals surface area contributed by atoms with Crippen LogP contribution in [0.5, 0.6) is 0 Å². The number of pyridine rings is 1. The average molecular weight is 219 g/mol. The number of rotatable bonds is 2. The van der Waals surface area contributed by atoms with Gasteiger partial charge in [-0.2, -0.15) is 0 Å². The summed E-state index contributed by atoms with van der Waals surface area (Å²) in [5, 5.41) is 8.19. The summed E-state index contributed by atoms with van der Waals surface area (Å²) >= 11 is 5.51. The molecule has 1 aromatic heterocycles. The van der Waals surface area contributed by atoms with Crippen molar-refractivity contribution in [2.45, 2.75) is 0 Å². The Balaban J connectivity index is 3.33. The monoisotopic (exact) mass is 218 g/mol. The van der Waals surface area contributed by atoms with Gasteiger partial charge in [0.2, 0.25) is 0 Å². The zero-order chi connectivity index (χ0) is 10.9. The first-order chi connectivity index (χ1) is 6.45. The quantitative estimate of drug-likeness (QED) is 0.820. The van der Waals surface area contributed by atoms with Crippen molar-refractivity contribution < 1.29 is 14.3 Å². The molecule has 0 saturated heterocycles. The molecule has 0 bridgehead atoms. The summed E-state index contributed by atoms with van der Waals surface area (Å²) < 4.78 is 13.4. The molecule has 14 heavy (non-hydrogen) atoms. The molecule has 76 valence electrons. The Morgan fingerprint density at radius 3 is 2.64 bits per heavy atom. The van der Waals surface area contributed by atoms with Crippen LogP contribution in [0.15, 0.2) is 6.20 Å². The van der Waals surface area contributed by atoms with Crippen LogP contribution in [0.25, 0.3) is 0 Å². The van der Waals surface area contributed by atoms with E-state index in [-0.39, 0.29) is 11.4 Å². The van der Waals surface area contributed by atoms with Crippen molar-refractivity contribution in [1.82, 2.24) is 4.98 Å². The molecule has 6 heteroatoms. The first kappa shape index (κ1) is 10.7. The number of anilines is 1. The average Bonchev–Trinajstić information content (AvgIpc) is 2.08. The third-order valence-electron chi connectivity index (χ3n) is 1.60. The molecule has 1 N–H and O–H groups in total. The lowest BCUT2D eigenvalue weighted by molar-refractivity contribution is 0.0696. The smallest absolute Gasteiger partial charge is 0.338 e. The lowest BCUT2D eigenvalue weighted by atomic mass is 10.2. The summed E-state index contributed by atoms with van der Waals surface area (Å²) in [4.78, 5) is 15.6.